The Bertz CT molecular complexity index is 184. The molecule has 0 atom stereocenters. The summed E-state index contributed by atoms with van der Waals surface area (Å²) >= 11 is 0. The van der Waals surface area contributed by atoms with Crippen molar-refractivity contribution in [1.82, 2.24) is 4.98 Å². The molecule has 11 heavy (non-hydrogen) atoms. The molecule has 1 aromatic rings. The average molecular weight is 143 g/mol. The van der Waals surface area contributed by atoms with Crippen LogP contribution in [0.3, 0.4) is 0 Å². The number of nitrogens with zero attached hydrogens (tertiary/aromatic N) is 1. The smallest absolute Gasteiger partial charge is 0.0372 e. The first-order valence-corrected chi connectivity index (χ1v) is 3.24. The lowest BCUT2D eigenvalue weighted by Gasteiger charge is -1.93. The van der Waals surface area contributed by atoms with Gasteiger partial charge in [0.25, 0.3) is 0 Å². The lowest BCUT2D eigenvalue weighted by atomic mass is 10.2. The predicted octanol–water partition coefficient (Wildman–Crippen LogP) is 1.19. The second kappa shape index (κ2) is 6.02. The Morgan fingerprint density at radius 1 is 1.27 bits per heavy atom. The molecule has 0 saturated carbocycles. The summed E-state index contributed by atoms with van der Waals surface area (Å²) in [4.78, 5) is 4.15. The van der Waals surface area contributed by atoms with Crippen LogP contribution in [0.15, 0.2) is 18.3 Å². The van der Waals surface area contributed by atoms with Gasteiger partial charge in [0.05, 0.1) is 0 Å². The van der Waals surface area contributed by atoms with E-state index >= 15 is 0 Å². The fraction of sp³-hybridized carbons (Fsp3) is 0.375. The van der Waals surface area contributed by atoms with E-state index in [-0.39, 0.29) is 16.8 Å². The Morgan fingerprint density at radius 2 is 1.91 bits per heavy atom. The maximum absolute atomic E-state index is 4.15. The minimum absolute atomic E-state index is 0. The van der Waals surface area contributed by atoms with Crippen LogP contribution in [0.4, 0.5) is 0 Å². The van der Waals surface area contributed by atoms with E-state index in [1.807, 2.05) is 19.2 Å². The van der Waals surface area contributed by atoms with E-state index in [1.54, 1.807) is 0 Å². The lowest BCUT2D eigenvalue weighted by Crippen LogP contribution is -1.83. The molecular weight excluding hydrogens is 132 g/mol. The zero-order valence-corrected chi connectivity index (χ0v) is 7.04. The second-order valence-electron chi connectivity index (χ2n) is 2.16. The Labute approximate surface area is 72.4 Å². The number of aromatic nitrogens is 1. The third kappa shape index (κ3) is 3.87. The highest BCUT2D eigenvalue weighted by atomic mass is 14.6. The van der Waals surface area contributed by atoms with Gasteiger partial charge in [0.2, 0.25) is 0 Å². The van der Waals surface area contributed by atoms with E-state index in [0.29, 0.717) is 0 Å². The minimum atomic E-state index is 0. The monoisotopic (exact) mass is 143 g/mol. The van der Waals surface area contributed by atoms with Crippen LogP contribution < -0.4 is 0 Å². The molecule has 0 fully saturated rings. The number of rotatable bonds is 1. The minimum Gasteiger partial charge on any atom is -0.261 e. The molecular formula is C8H11B2N. The van der Waals surface area contributed by atoms with Crippen molar-refractivity contribution in [1.29, 1.82) is 0 Å². The molecule has 1 nitrogen and oxygen atoms in total. The Kier molecular flexibility index (Phi) is 7.07. The van der Waals surface area contributed by atoms with Gasteiger partial charge in [-0.05, 0) is 25.0 Å². The summed E-state index contributed by atoms with van der Waals surface area (Å²) in [7, 11) is 0. The highest BCUT2D eigenvalue weighted by Gasteiger charge is 1.86. The molecule has 0 aliphatic rings. The highest BCUT2D eigenvalue weighted by molar-refractivity contribution is 5.76. The quantitative estimate of drug-likeness (QED) is 0.537. The van der Waals surface area contributed by atoms with Crippen molar-refractivity contribution in [3.63, 3.8) is 0 Å². The van der Waals surface area contributed by atoms with Gasteiger partial charge >= 0.3 is 0 Å². The van der Waals surface area contributed by atoms with Crippen molar-refractivity contribution < 1.29 is 0 Å². The number of hydrogen-bond acceptors (Lipinski definition) is 1. The van der Waals surface area contributed by atoms with E-state index in [1.165, 1.54) is 5.56 Å². The van der Waals surface area contributed by atoms with E-state index in [0.717, 1.165) is 12.1 Å². The molecule has 0 N–H and O–H groups in total. The normalized spacial score (nSPS) is 7.82. The number of hydrogen-bond donors (Lipinski definition) is 0. The van der Waals surface area contributed by atoms with Gasteiger partial charge < -0.3 is 0 Å². The third-order valence-electron chi connectivity index (χ3n) is 1.38. The molecule has 0 aliphatic heterocycles. The summed E-state index contributed by atoms with van der Waals surface area (Å²) in [6.07, 6.45) is 3.00. The van der Waals surface area contributed by atoms with Crippen LogP contribution in [-0.4, -0.2) is 21.8 Å². The predicted molar refractivity (Wildman–Crippen MR) is 49.9 cm³/mol. The first kappa shape index (κ1) is 12.9. The SMILES string of the molecule is CCc1ccc(C)nc1.[B].[B]. The zero-order chi connectivity index (χ0) is 6.69. The summed E-state index contributed by atoms with van der Waals surface area (Å²) in [5.41, 5.74) is 2.40. The van der Waals surface area contributed by atoms with Crippen LogP contribution in [0.5, 0.6) is 0 Å². The van der Waals surface area contributed by atoms with Gasteiger partial charge in [-0.15, -0.1) is 0 Å². The molecule has 1 rings (SSSR count). The van der Waals surface area contributed by atoms with Crippen LogP contribution in [0.25, 0.3) is 0 Å². The molecule has 0 aromatic carbocycles. The van der Waals surface area contributed by atoms with Crippen LogP contribution in [0.1, 0.15) is 18.2 Å². The lowest BCUT2D eigenvalue weighted by molar-refractivity contribution is 1.08. The number of pyridine rings is 1. The maximum Gasteiger partial charge on any atom is 0.0372 e. The standard InChI is InChI=1S/C8H11N.2B/c1-3-8-5-4-7(2)9-6-8;;/h4-6H,3H2,1-2H3;;. The molecule has 54 valence electrons. The van der Waals surface area contributed by atoms with Crippen molar-refractivity contribution in [2.75, 3.05) is 0 Å². The van der Waals surface area contributed by atoms with Crippen molar-refractivity contribution in [2.24, 2.45) is 0 Å². The Morgan fingerprint density at radius 3 is 2.27 bits per heavy atom. The van der Waals surface area contributed by atoms with Gasteiger partial charge in [-0.3, -0.25) is 4.98 Å². The maximum atomic E-state index is 4.15. The summed E-state index contributed by atoms with van der Waals surface area (Å²) in [5.74, 6) is 0. The van der Waals surface area contributed by atoms with Gasteiger partial charge in [-0.1, -0.05) is 13.0 Å². The Hall–Kier alpha value is -0.720. The molecule has 1 heterocycles. The topological polar surface area (TPSA) is 12.9 Å². The fourth-order valence-corrected chi connectivity index (χ4v) is 0.708. The average Bonchev–Trinajstić information content (AvgIpc) is 1.90. The molecule has 0 saturated heterocycles. The summed E-state index contributed by atoms with van der Waals surface area (Å²) in [5, 5.41) is 0. The molecule has 1 aromatic heterocycles. The first-order valence-electron chi connectivity index (χ1n) is 3.24. The molecule has 0 bridgehead atoms. The van der Waals surface area contributed by atoms with E-state index in [4.69, 9.17) is 0 Å². The summed E-state index contributed by atoms with van der Waals surface area (Å²) in [6, 6.07) is 4.15. The van der Waals surface area contributed by atoms with Crippen LogP contribution in [0, 0.1) is 6.92 Å². The van der Waals surface area contributed by atoms with Crippen molar-refractivity contribution in [2.45, 2.75) is 20.3 Å². The number of aryl methyl sites for hydroxylation is 2. The molecule has 0 unspecified atom stereocenters. The molecule has 0 spiro atoms. The summed E-state index contributed by atoms with van der Waals surface area (Å²) in [6.45, 7) is 4.13. The van der Waals surface area contributed by atoms with Crippen molar-refractivity contribution in [3.8, 4) is 0 Å². The van der Waals surface area contributed by atoms with Gasteiger partial charge in [0, 0.05) is 28.7 Å². The first-order chi connectivity index (χ1) is 4.33. The van der Waals surface area contributed by atoms with Crippen molar-refractivity contribution in [3.05, 3.63) is 29.6 Å². The molecule has 6 radical (unpaired) electrons. The van der Waals surface area contributed by atoms with Crippen LogP contribution in [-0.2, 0) is 6.42 Å². The van der Waals surface area contributed by atoms with Gasteiger partial charge in [-0.25, -0.2) is 0 Å². The van der Waals surface area contributed by atoms with E-state index in [2.05, 4.69) is 18.0 Å². The van der Waals surface area contributed by atoms with Gasteiger partial charge in [0.15, 0.2) is 0 Å². The van der Waals surface area contributed by atoms with Crippen LogP contribution in [0.2, 0.25) is 0 Å². The second-order valence-corrected chi connectivity index (χ2v) is 2.16. The van der Waals surface area contributed by atoms with E-state index < -0.39 is 0 Å². The van der Waals surface area contributed by atoms with E-state index in [9.17, 15) is 0 Å². The molecule has 0 amide bonds. The molecule has 0 aliphatic carbocycles. The fourth-order valence-electron chi connectivity index (χ4n) is 0.708. The third-order valence-corrected chi connectivity index (χ3v) is 1.38. The highest BCUT2D eigenvalue weighted by Crippen LogP contribution is 1.98. The van der Waals surface area contributed by atoms with Crippen molar-refractivity contribution >= 4 is 16.8 Å². The van der Waals surface area contributed by atoms with Gasteiger partial charge in [-0.2, -0.15) is 0 Å². The summed E-state index contributed by atoms with van der Waals surface area (Å²) < 4.78 is 0. The zero-order valence-electron chi connectivity index (χ0n) is 7.04. The van der Waals surface area contributed by atoms with Gasteiger partial charge in [0.1, 0.15) is 0 Å². The largest absolute Gasteiger partial charge is 0.261 e. The molecule has 3 heteroatoms. The van der Waals surface area contributed by atoms with Crippen LogP contribution >= 0.6 is 0 Å². The Balaban J connectivity index is 0.